The average Bonchev–Trinajstić information content (AvgIpc) is 3.06. The molecule has 0 fully saturated rings. The van der Waals surface area contributed by atoms with Gasteiger partial charge in [0.25, 0.3) is 15.9 Å². The van der Waals surface area contributed by atoms with Gasteiger partial charge in [0.2, 0.25) is 0 Å². The van der Waals surface area contributed by atoms with Crippen LogP contribution in [0.25, 0.3) is 0 Å². The van der Waals surface area contributed by atoms with Crippen LogP contribution in [0.4, 0.5) is 0 Å². The number of amides is 1. The summed E-state index contributed by atoms with van der Waals surface area (Å²) in [6, 6.07) is 5.83. The predicted octanol–water partition coefficient (Wildman–Crippen LogP) is 2.47. The van der Waals surface area contributed by atoms with E-state index < -0.39 is 22.0 Å². The number of methoxy groups -OCH3 is 1. The third kappa shape index (κ3) is 4.14. The molecule has 7 nitrogen and oxygen atoms in total. The number of sulfonamides is 1. The topological polar surface area (TPSA) is 105 Å². The van der Waals surface area contributed by atoms with E-state index >= 15 is 0 Å². The van der Waals surface area contributed by atoms with Crippen molar-refractivity contribution in [1.29, 1.82) is 0 Å². The minimum Gasteiger partial charge on any atom is -0.497 e. The van der Waals surface area contributed by atoms with Crippen LogP contribution in [0, 0.1) is 0 Å². The number of benzene rings is 1. The molecule has 0 spiro atoms. The van der Waals surface area contributed by atoms with Crippen molar-refractivity contribution in [3.8, 4) is 5.75 Å². The van der Waals surface area contributed by atoms with E-state index in [2.05, 4.69) is 10.3 Å². The number of thiophene rings is 1. The average molecular weight is 429 g/mol. The van der Waals surface area contributed by atoms with Crippen molar-refractivity contribution in [3.05, 3.63) is 40.3 Å². The Morgan fingerprint density at radius 3 is 2.67 bits per heavy atom. The van der Waals surface area contributed by atoms with Crippen LogP contribution in [-0.2, 0) is 16.4 Å². The van der Waals surface area contributed by atoms with Crippen molar-refractivity contribution in [2.75, 3.05) is 13.4 Å². The molecule has 27 heavy (non-hydrogen) atoms. The summed E-state index contributed by atoms with van der Waals surface area (Å²) in [4.78, 5) is 15.2. The molecule has 146 valence electrons. The lowest BCUT2D eigenvalue weighted by Gasteiger charge is -2.19. The maximum absolute atomic E-state index is 12.6. The van der Waals surface area contributed by atoms with Crippen molar-refractivity contribution in [1.82, 2.24) is 10.3 Å². The quantitative estimate of drug-likeness (QED) is 0.482. The van der Waals surface area contributed by atoms with Crippen LogP contribution in [0.1, 0.15) is 39.7 Å². The molecule has 1 aromatic carbocycles. The Hall–Kier alpha value is -1.59. The Labute approximate surface area is 166 Å². The van der Waals surface area contributed by atoms with E-state index in [9.17, 15) is 18.3 Å². The number of hydrazine groups is 1. The molecule has 1 heterocycles. The minimum atomic E-state index is -3.91. The highest BCUT2D eigenvalue weighted by atomic mass is 32.2. The van der Waals surface area contributed by atoms with Gasteiger partial charge >= 0.3 is 0 Å². The van der Waals surface area contributed by atoms with Gasteiger partial charge in [-0.25, -0.2) is 8.42 Å². The maximum Gasteiger partial charge on any atom is 0.276 e. The monoisotopic (exact) mass is 428 g/mol. The lowest BCUT2D eigenvalue weighted by atomic mass is 9.91. The number of hydrogen-bond acceptors (Lipinski definition) is 7. The molecule has 3 N–H and O–H groups in total. The Bertz CT molecular complexity index is 938. The molecule has 3 rings (SSSR count). The van der Waals surface area contributed by atoms with Crippen LogP contribution >= 0.6 is 23.1 Å². The summed E-state index contributed by atoms with van der Waals surface area (Å²) < 4.78 is 30.6. The van der Waals surface area contributed by atoms with E-state index in [1.807, 2.05) is 6.26 Å². The molecule has 0 saturated heterocycles. The zero-order chi connectivity index (χ0) is 19.6. The fourth-order valence-corrected chi connectivity index (χ4v) is 5.91. The van der Waals surface area contributed by atoms with Gasteiger partial charge in [0.1, 0.15) is 5.75 Å². The van der Waals surface area contributed by atoms with Crippen LogP contribution in [0.2, 0.25) is 0 Å². The fraction of sp³-hybridized carbons (Fsp3) is 0.353. The molecule has 0 bridgehead atoms. The summed E-state index contributed by atoms with van der Waals surface area (Å²) in [6.45, 7) is 0. The molecule has 1 aliphatic carbocycles. The lowest BCUT2D eigenvalue weighted by Crippen LogP contribution is -2.41. The van der Waals surface area contributed by atoms with E-state index in [0.717, 1.165) is 21.8 Å². The van der Waals surface area contributed by atoms with Gasteiger partial charge in [0.05, 0.1) is 27.2 Å². The van der Waals surface area contributed by atoms with Gasteiger partial charge in [-0.15, -0.1) is 27.9 Å². The molecule has 1 aliphatic rings. The fourth-order valence-electron chi connectivity index (χ4n) is 2.98. The molecule has 2 aromatic rings. The maximum atomic E-state index is 12.6. The molecule has 0 saturated carbocycles. The zero-order valence-corrected chi connectivity index (χ0v) is 17.3. The number of aliphatic hydroxyl groups excluding tert-OH is 1. The van der Waals surface area contributed by atoms with E-state index in [0.29, 0.717) is 23.5 Å². The third-order valence-corrected chi connectivity index (χ3v) is 7.96. The number of carbonyl (C=O) groups excluding carboxylic acids is 1. The van der Waals surface area contributed by atoms with Crippen molar-refractivity contribution >= 4 is 39.0 Å². The van der Waals surface area contributed by atoms with Crippen LogP contribution in [0.15, 0.2) is 33.4 Å². The summed E-state index contributed by atoms with van der Waals surface area (Å²) >= 11 is 2.76. The van der Waals surface area contributed by atoms with Crippen molar-refractivity contribution in [2.45, 2.75) is 34.5 Å². The van der Waals surface area contributed by atoms with Gasteiger partial charge in [-0.1, -0.05) is 0 Å². The summed E-state index contributed by atoms with van der Waals surface area (Å²) in [7, 11) is -2.42. The smallest absolute Gasteiger partial charge is 0.276 e. The van der Waals surface area contributed by atoms with E-state index in [1.165, 1.54) is 54.5 Å². The highest BCUT2D eigenvalue weighted by molar-refractivity contribution is 8.00. The van der Waals surface area contributed by atoms with Gasteiger partial charge in [-0.3, -0.25) is 10.2 Å². The van der Waals surface area contributed by atoms with E-state index in [-0.39, 0.29) is 4.90 Å². The van der Waals surface area contributed by atoms with E-state index in [4.69, 9.17) is 4.74 Å². The number of aliphatic hydroxyl groups is 1. The normalized spacial score (nSPS) is 16.6. The number of fused-ring (bicyclic) bond motifs is 1. The number of rotatable bonds is 6. The number of carbonyl (C=O) groups is 1. The minimum absolute atomic E-state index is 0.0111. The summed E-state index contributed by atoms with van der Waals surface area (Å²) in [6.07, 6.45) is 3.46. The second-order valence-corrected chi connectivity index (χ2v) is 9.74. The lowest BCUT2D eigenvalue weighted by molar-refractivity contribution is 0.0947. The molecule has 10 heteroatoms. The van der Waals surface area contributed by atoms with Crippen LogP contribution in [-0.4, -0.2) is 32.8 Å². The molecule has 1 amide bonds. The van der Waals surface area contributed by atoms with E-state index in [1.54, 1.807) is 0 Å². The first-order valence-electron chi connectivity index (χ1n) is 8.21. The highest BCUT2D eigenvalue weighted by Crippen LogP contribution is 2.43. The van der Waals surface area contributed by atoms with Crippen molar-refractivity contribution in [2.24, 2.45) is 0 Å². The number of thioether (sulfide) groups is 1. The first kappa shape index (κ1) is 20.2. The molecule has 0 unspecified atom stereocenters. The van der Waals surface area contributed by atoms with Crippen molar-refractivity contribution < 1.29 is 23.1 Å². The molecule has 0 aliphatic heterocycles. The summed E-state index contributed by atoms with van der Waals surface area (Å²) in [5.74, 6) is 0.00842. The van der Waals surface area contributed by atoms with Crippen LogP contribution in [0.3, 0.4) is 0 Å². The molecule has 1 atom stereocenters. The molecule has 1 aromatic heterocycles. The Morgan fingerprint density at radius 2 is 2.04 bits per heavy atom. The van der Waals surface area contributed by atoms with Gasteiger partial charge in [-0.2, -0.15) is 0 Å². The zero-order valence-electron chi connectivity index (χ0n) is 14.8. The highest BCUT2D eigenvalue weighted by Gasteiger charge is 2.29. The first-order chi connectivity index (χ1) is 12.9. The van der Waals surface area contributed by atoms with Crippen LogP contribution < -0.4 is 15.0 Å². The Kier molecular flexibility index (Phi) is 6.11. The molecular formula is C17H20N2O5S3. The third-order valence-electron chi connectivity index (χ3n) is 4.31. The largest absolute Gasteiger partial charge is 0.497 e. The van der Waals surface area contributed by atoms with Crippen molar-refractivity contribution in [3.63, 3.8) is 0 Å². The van der Waals surface area contributed by atoms with Gasteiger partial charge in [0.15, 0.2) is 0 Å². The van der Waals surface area contributed by atoms with Gasteiger partial charge < -0.3 is 9.84 Å². The SMILES string of the molecule is COc1ccc(S(=O)(=O)NNC(=O)c2sc(SC)c3c2CCC[C@@H]3O)cc1. The van der Waals surface area contributed by atoms with Gasteiger partial charge in [0, 0.05) is 5.56 Å². The summed E-state index contributed by atoms with van der Waals surface area (Å²) in [5, 5.41) is 10.3. The molecule has 0 radical (unpaired) electrons. The number of ether oxygens (including phenoxy) is 1. The second-order valence-electron chi connectivity index (χ2n) is 5.96. The number of nitrogens with one attached hydrogen (secondary N) is 2. The number of hydrogen-bond donors (Lipinski definition) is 3. The second kappa shape index (κ2) is 8.19. The standard InChI is InChI=1S/C17H20N2O5S3/c1-24-10-6-8-11(9-7-10)27(22,23)19-18-16(21)15-12-4-3-5-13(20)14(12)17(25-2)26-15/h6-9,13,19-20H,3-5H2,1-2H3,(H,18,21)/t13-/m0/s1. The molecular weight excluding hydrogens is 408 g/mol. The van der Waals surface area contributed by atoms with Crippen LogP contribution in [0.5, 0.6) is 5.75 Å². The first-order valence-corrected chi connectivity index (χ1v) is 11.7. The summed E-state index contributed by atoms with van der Waals surface area (Å²) in [5.41, 5.74) is 3.90. The predicted molar refractivity (Wildman–Crippen MR) is 105 cm³/mol. The van der Waals surface area contributed by atoms with Gasteiger partial charge in [-0.05, 0) is 55.3 Å². The Morgan fingerprint density at radius 1 is 1.33 bits per heavy atom. The Balaban J connectivity index is 1.78.